The van der Waals surface area contributed by atoms with Crippen LogP contribution in [-0.2, 0) is 16.0 Å². The maximum absolute atomic E-state index is 14.0. The number of ether oxygens (including phenoxy) is 1. The van der Waals surface area contributed by atoms with Gasteiger partial charge in [0.15, 0.2) is 5.78 Å². The van der Waals surface area contributed by atoms with Crippen LogP contribution in [0.2, 0.25) is 0 Å². The van der Waals surface area contributed by atoms with Gasteiger partial charge in [-0.2, -0.15) is 0 Å². The number of halogens is 2. The average molecular weight is 531 g/mol. The molecule has 1 saturated carbocycles. The monoisotopic (exact) mass is 531 g/mol. The Morgan fingerprint density at radius 1 is 1.37 bits per heavy atom. The molecule has 1 aromatic carbocycles. The van der Waals surface area contributed by atoms with E-state index in [1.807, 2.05) is 6.07 Å². The van der Waals surface area contributed by atoms with E-state index in [2.05, 4.69) is 22.6 Å². The number of aliphatic hydroxyl groups is 3. The van der Waals surface area contributed by atoms with Gasteiger partial charge in [0.05, 0.1) is 12.0 Å². The molecule has 0 bridgehead atoms. The maximum atomic E-state index is 14.0. The lowest BCUT2D eigenvalue weighted by atomic mass is 9.88. The summed E-state index contributed by atoms with van der Waals surface area (Å²) in [6, 6.07) is 5.07. The van der Waals surface area contributed by atoms with Gasteiger partial charge in [0, 0.05) is 9.28 Å². The Morgan fingerprint density at radius 3 is 2.63 bits per heavy atom. The molecule has 1 aliphatic heterocycles. The molecule has 2 fully saturated rings. The van der Waals surface area contributed by atoms with Gasteiger partial charge in [0.25, 0.3) is 0 Å². The summed E-state index contributed by atoms with van der Waals surface area (Å²) in [5.41, 5.74) is -0.292. The van der Waals surface area contributed by atoms with Gasteiger partial charge in [0.1, 0.15) is 29.7 Å². The van der Waals surface area contributed by atoms with Crippen LogP contribution in [0.5, 0.6) is 0 Å². The average Bonchev–Trinajstić information content (AvgIpc) is 3.09. The fourth-order valence-corrected chi connectivity index (χ4v) is 4.50. The number of aliphatic hydroxyl groups excluding tert-OH is 2. The first-order chi connectivity index (χ1) is 14.1. The van der Waals surface area contributed by atoms with Crippen molar-refractivity contribution in [1.82, 2.24) is 0 Å². The fourth-order valence-electron chi connectivity index (χ4n) is 4.05. The first-order valence-electron chi connectivity index (χ1n) is 10.0. The molecule has 30 heavy (non-hydrogen) atoms. The van der Waals surface area contributed by atoms with Crippen molar-refractivity contribution in [2.24, 2.45) is 5.92 Å². The van der Waals surface area contributed by atoms with E-state index in [1.165, 1.54) is 6.07 Å². The Kier molecular flexibility index (Phi) is 7.13. The lowest BCUT2D eigenvalue weighted by Gasteiger charge is -2.20. The van der Waals surface area contributed by atoms with Crippen molar-refractivity contribution in [3.8, 4) is 0 Å². The molecule has 0 radical (unpaired) electrons. The summed E-state index contributed by atoms with van der Waals surface area (Å²) in [6.45, 7) is 3.25. The normalized spacial score (nSPS) is 31.4. The van der Waals surface area contributed by atoms with E-state index in [9.17, 15) is 24.5 Å². The number of Topliss-reactive ketones (excluding diaryl/α,β-unsaturated/α-hetero) is 1. The molecule has 0 amide bonds. The minimum Gasteiger partial charge on any atom is -0.387 e. The number of hydrogen-bond acceptors (Lipinski definition) is 6. The van der Waals surface area contributed by atoms with E-state index in [0.29, 0.717) is 30.4 Å². The van der Waals surface area contributed by atoms with Gasteiger partial charge in [-0.05, 0) is 85.4 Å². The number of ketones is 1. The second-order valence-corrected chi connectivity index (χ2v) is 9.47. The molecule has 4 N–H and O–H groups in total. The van der Waals surface area contributed by atoms with E-state index >= 15 is 0 Å². The molecule has 0 aromatic heterocycles. The molecular formula is C22H27FINO5. The molecule has 3 rings (SSSR count). The van der Waals surface area contributed by atoms with Crippen molar-refractivity contribution in [2.75, 3.05) is 0 Å². The van der Waals surface area contributed by atoms with Crippen molar-refractivity contribution in [3.63, 3.8) is 0 Å². The van der Waals surface area contributed by atoms with Crippen molar-refractivity contribution in [2.45, 2.75) is 69.5 Å². The molecule has 164 valence electrons. The molecule has 1 aromatic rings. The highest BCUT2D eigenvalue weighted by atomic mass is 127. The Bertz CT molecular complexity index is 875. The molecule has 8 heteroatoms. The van der Waals surface area contributed by atoms with Crippen LogP contribution in [-0.4, -0.2) is 56.8 Å². The van der Waals surface area contributed by atoms with E-state index in [1.54, 1.807) is 26.0 Å². The minimum absolute atomic E-state index is 0.179. The highest BCUT2D eigenvalue weighted by Crippen LogP contribution is 2.50. The molecule has 1 saturated heterocycles. The van der Waals surface area contributed by atoms with Gasteiger partial charge in [0.2, 0.25) is 0 Å². The van der Waals surface area contributed by atoms with Crippen LogP contribution < -0.4 is 0 Å². The first-order valence-corrected chi connectivity index (χ1v) is 11.1. The third-order valence-corrected chi connectivity index (χ3v) is 6.76. The number of hydrogen-bond donors (Lipinski definition) is 4. The number of fused-ring (bicyclic) bond motifs is 1. The van der Waals surface area contributed by atoms with E-state index < -0.39 is 35.9 Å². The highest BCUT2D eigenvalue weighted by molar-refractivity contribution is 14.1. The predicted octanol–water partition coefficient (Wildman–Crippen LogP) is 2.55. The number of allylic oxidation sites excluding steroid dienone is 1. The zero-order valence-corrected chi connectivity index (χ0v) is 19.1. The van der Waals surface area contributed by atoms with Gasteiger partial charge in [-0.25, -0.2) is 4.39 Å². The van der Waals surface area contributed by atoms with Crippen molar-refractivity contribution in [3.05, 3.63) is 44.8 Å². The summed E-state index contributed by atoms with van der Waals surface area (Å²) in [4.78, 5) is 12.8. The van der Waals surface area contributed by atoms with E-state index in [-0.39, 0.29) is 23.7 Å². The molecule has 1 heterocycles. The van der Waals surface area contributed by atoms with Crippen LogP contribution in [0.4, 0.5) is 4.39 Å². The quantitative estimate of drug-likeness (QED) is 0.223. The molecule has 6 atom stereocenters. The molecule has 1 aliphatic carbocycles. The van der Waals surface area contributed by atoms with Crippen LogP contribution in [0, 0.1) is 20.7 Å². The first kappa shape index (κ1) is 23.5. The maximum Gasteiger partial charge on any atom is 0.166 e. The summed E-state index contributed by atoms with van der Waals surface area (Å²) in [7, 11) is 0. The summed E-state index contributed by atoms with van der Waals surface area (Å²) in [5, 5.41) is 37.7. The number of aryl methyl sites for hydroxylation is 1. The van der Waals surface area contributed by atoms with Gasteiger partial charge < -0.3 is 25.5 Å². The lowest BCUT2D eigenvalue weighted by Crippen LogP contribution is -2.38. The van der Waals surface area contributed by atoms with Gasteiger partial charge in [-0.15, -0.1) is 0 Å². The Hall–Kier alpha value is -1.20. The van der Waals surface area contributed by atoms with Gasteiger partial charge >= 0.3 is 0 Å². The van der Waals surface area contributed by atoms with Gasteiger partial charge in [-0.1, -0.05) is 12.1 Å². The van der Waals surface area contributed by atoms with Crippen LogP contribution in [0.3, 0.4) is 0 Å². The van der Waals surface area contributed by atoms with E-state index in [4.69, 9.17) is 10.1 Å². The number of rotatable bonds is 9. The molecular weight excluding hydrogens is 504 g/mol. The van der Waals surface area contributed by atoms with E-state index in [0.717, 1.165) is 3.57 Å². The third kappa shape index (κ3) is 4.52. The Morgan fingerprint density at radius 2 is 2.07 bits per heavy atom. The standard InChI is InChI=1S/C22H27FINO5/c1-11(6-9-17-19(27)22(29)20(28)21(22)30-17)18(26)15(12(2)25)5-3-4-13-7-8-14(24)10-16(13)23/h6-8,10,15,17,19-21,25,27-29H,3-5,9H2,1-2H3/b11-6-,25-12?/t15-,17-,19?,20?,21+,22?/m0/s1. The van der Waals surface area contributed by atoms with Crippen LogP contribution in [0.25, 0.3) is 0 Å². The highest BCUT2D eigenvalue weighted by Gasteiger charge is 2.75. The summed E-state index contributed by atoms with van der Waals surface area (Å²) < 4.78 is 20.3. The van der Waals surface area contributed by atoms with Crippen LogP contribution >= 0.6 is 22.6 Å². The zero-order valence-electron chi connectivity index (χ0n) is 16.9. The lowest BCUT2D eigenvalue weighted by molar-refractivity contribution is -0.117. The minimum atomic E-state index is -1.60. The molecule has 2 aliphatic rings. The van der Waals surface area contributed by atoms with Crippen molar-refractivity contribution < 1.29 is 29.2 Å². The molecule has 0 spiro atoms. The predicted molar refractivity (Wildman–Crippen MR) is 118 cm³/mol. The van der Waals surface area contributed by atoms with Crippen molar-refractivity contribution in [1.29, 1.82) is 5.41 Å². The SMILES string of the molecule is CC(=N)[C@H](CCCc1ccc(I)cc1F)C(=O)/C(C)=C\C[C@@H]1O[C@@H]2C(O)C2(O)C1O. The van der Waals surface area contributed by atoms with Crippen molar-refractivity contribution >= 4 is 34.1 Å². The third-order valence-electron chi connectivity index (χ3n) is 6.09. The van der Waals surface area contributed by atoms with Crippen LogP contribution in [0.1, 0.15) is 38.7 Å². The second kappa shape index (κ2) is 9.12. The number of nitrogens with one attached hydrogen (secondary N) is 1. The van der Waals surface area contributed by atoms with Crippen LogP contribution in [0.15, 0.2) is 29.8 Å². The molecule has 3 unspecified atom stereocenters. The van der Waals surface area contributed by atoms with Gasteiger partial charge in [-0.3, -0.25) is 4.79 Å². The number of carbonyl (C=O) groups is 1. The topological polar surface area (TPSA) is 111 Å². The summed E-state index contributed by atoms with van der Waals surface area (Å²) >= 11 is 2.05. The number of benzene rings is 1. The smallest absolute Gasteiger partial charge is 0.166 e. The molecule has 6 nitrogen and oxygen atoms in total. The summed E-state index contributed by atoms with van der Waals surface area (Å²) in [6.07, 6.45) is -0.357. The Labute approximate surface area is 188 Å². The summed E-state index contributed by atoms with van der Waals surface area (Å²) in [5.74, 6) is -1.02. The number of carbonyl (C=O) groups excluding carboxylic acids is 1. The largest absolute Gasteiger partial charge is 0.387 e. The second-order valence-electron chi connectivity index (χ2n) is 8.22. The fraction of sp³-hybridized carbons (Fsp3) is 0.545. The Balaban J connectivity index is 1.55. The zero-order chi connectivity index (χ0) is 22.2.